The van der Waals surface area contributed by atoms with Crippen molar-refractivity contribution in [3.8, 4) is 0 Å². The Kier molecular flexibility index (Phi) is 5.77. The van der Waals surface area contributed by atoms with E-state index in [1.807, 2.05) is 12.3 Å². The van der Waals surface area contributed by atoms with Gasteiger partial charge in [0.1, 0.15) is 5.78 Å². The highest BCUT2D eigenvalue weighted by Gasteiger charge is 2.18. The fraction of sp³-hybridized carbons (Fsp3) is 0.750. The van der Waals surface area contributed by atoms with Gasteiger partial charge >= 0.3 is 0 Å². The summed E-state index contributed by atoms with van der Waals surface area (Å²) in [4.78, 5) is 14.3. The van der Waals surface area contributed by atoms with Crippen molar-refractivity contribution in [2.45, 2.75) is 58.4 Å². The zero-order valence-corrected chi connectivity index (χ0v) is 12.8. The number of Topliss-reactive ketones (excluding diaryl/α,β-unsaturated/α-hetero) is 1. The van der Waals surface area contributed by atoms with Gasteiger partial charge in [-0.15, -0.1) is 0 Å². The highest BCUT2D eigenvalue weighted by atomic mass is 16.1. The third kappa shape index (κ3) is 4.17. The van der Waals surface area contributed by atoms with E-state index >= 15 is 0 Å². The lowest BCUT2D eigenvalue weighted by molar-refractivity contribution is -0.118. The van der Waals surface area contributed by atoms with Crippen LogP contribution in [0.25, 0.3) is 0 Å². The molecule has 1 fully saturated rings. The van der Waals surface area contributed by atoms with Gasteiger partial charge in [0.2, 0.25) is 0 Å². The Balaban J connectivity index is 1.79. The Morgan fingerprint density at radius 3 is 2.70 bits per heavy atom. The summed E-state index contributed by atoms with van der Waals surface area (Å²) in [7, 11) is 0. The van der Waals surface area contributed by atoms with E-state index in [2.05, 4.69) is 28.5 Å². The van der Waals surface area contributed by atoms with Crippen LogP contribution >= 0.6 is 0 Å². The first-order chi connectivity index (χ1) is 9.72. The van der Waals surface area contributed by atoms with Crippen molar-refractivity contribution >= 4 is 5.78 Å². The number of hydrogen-bond donors (Lipinski definition) is 0. The van der Waals surface area contributed by atoms with Crippen molar-refractivity contribution in [3.05, 3.63) is 18.0 Å². The summed E-state index contributed by atoms with van der Waals surface area (Å²) >= 11 is 0. The predicted molar refractivity (Wildman–Crippen MR) is 80.8 cm³/mol. The van der Waals surface area contributed by atoms with Crippen LogP contribution in [-0.4, -0.2) is 40.1 Å². The molecule has 0 amide bonds. The van der Waals surface area contributed by atoms with Crippen LogP contribution in [0.3, 0.4) is 0 Å². The molecule has 0 atom stereocenters. The topological polar surface area (TPSA) is 38.1 Å². The zero-order chi connectivity index (χ0) is 14.4. The lowest BCUT2D eigenvalue weighted by Crippen LogP contribution is -2.26. The average Bonchev–Trinajstić information content (AvgIpc) is 3.10. The van der Waals surface area contributed by atoms with E-state index in [9.17, 15) is 4.79 Å². The summed E-state index contributed by atoms with van der Waals surface area (Å²) in [5, 5.41) is 4.58. The maximum absolute atomic E-state index is 12.0. The van der Waals surface area contributed by atoms with E-state index in [-0.39, 0.29) is 0 Å². The summed E-state index contributed by atoms with van der Waals surface area (Å²) < 4.78 is 2.07. The molecule has 4 heteroatoms. The van der Waals surface area contributed by atoms with Crippen LogP contribution < -0.4 is 0 Å². The fourth-order valence-electron chi connectivity index (χ4n) is 2.96. The van der Waals surface area contributed by atoms with Crippen molar-refractivity contribution in [2.24, 2.45) is 0 Å². The number of carbonyl (C=O) groups is 1. The second-order valence-electron chi connectivity index (χ2n) is 5.72. The predicted octanol–water partition coefficient (Wildman–Crippen LogP) is 2.84. The maximum atomic E-state index is 12.0. The standard InChI is InChI=1S/C16H27N3O/c1-3-18(4-2)11-10-16(20)13-14-9-12-19(17-14)15-7-5-6-8-15/h9,12,15H,3-8,10-11,13H2,1-2H3. The summed E-state index contributed by atoms with van der Waals surface area (Å²) in [5.74, 6) is 0.300. The second kappa shape index (κ2) is 7.58. The lowest BCUT2D eigenvalue weighted by atomic mass is 10.1. The van der Waals surface area contributed by atoms with E-state index in [1.54, 1.807) is 0 Å². The molecule has 0 aromatic carbocycles. The van der Waals surface area contributed by atoms with Gasteiger partial charge in [-0.2, -0.15) is 5.10 Å². The van der Waals surface area contributed by atoms with Gasteiger partial charge in [0.25, 0.3) is 0 Å². The van der Waals surface area contributed by atoms with E-state index < -0.39 is 0 Å². The van der Waals surface area contributed by atoms with Gasteiger partial charge in [-0.1, -0.05) is 26.7 Å². The molecule has 1 heterocycles. The Labute approximate surface area is 122 Å². The van der Waals surface area contributed by atoms with Crippen LogP contribution in [0.15, 0.2) is 12.3 Å². The van der Waals surface area contributed by atoms with Crippen LogP contribution in [0.1, 0.15) is 57.7 Å². The number of ketones is 1. The maximum Gasteiger partial charge on any atom is 0.140 e. The van der Waals surface area contributed by atoms with Crippen LogP contribution in [-0.2, 0) is 11.2 Å². The molecular weight excluding hydrogens is 250 g/mol. The van der Waals surface area contributed by atoms with Gasteiger partial charge in [0.15, 0.2) is 0 Å². The third-order valence-corrected chi connectivity index (χ3v) is 4.34. The molecule has 0 aliphatic heterocycles. The molecule has 2 rings (SSSR count). The molecule has 1 aliphatic carbocycles. The number of hydrogen-bond acceptors (Lipinski definition) is 3. The minimum Gasteiger partial charge on any atom is -0.303 e. The van der Waals surface area contributed by atoms with Gasteiger partial charge in [-0.25, -0.2) is 0 Å². The number of carbonyl (C=O) groups excluding carboxylic acids is 1. The van der Waals surface area contributed by atoms with Gasteiger partial charge in [0, 0.05) is 19.2 Å². The van der Waals surface area contributed by atoms with Crippen molar-refractivity contribution in [2.75, 3.05) is 19.6 Å². The lowest BCUT2D eigenvalue weighted by Gasteiger charge is -2.16. The largest absolute Gasteiger partial charge is 0.303 e. The van der Waals surface area contributed by atoms with Crippen molar-refractivity contribution in [3.63, 3.8) is 0 Å². The molecule has 0 unspecified atom stereocenters. The van der Waals surface area contributed by atoms with Crippen LogP contribution in [0, 0.1) is 0 Å². The molecule has 0 N–H and O–H groups in total. The minimum absolute atomic E-state index is 0.300. The summed E-state index contributed by atoms with van der Waals surface area (Å²) in [6.45, 7) is 7.17. The molecule has 1 aromatic rings. The molecule has 0 radical (unpaired) electrons. The first kappa shape index (κ1) is 15.2. The highest BCUT2D eigenvalue weighted by Crippen LogP contribution is 2.28. The minimum atomic E-state index is 0.300. The molecule has 112 valence electrons. The van der Waals surface area contributed by atoms with E-state index in [0.717, 1.165) is 25.3 Å². The van der Waals surface area contributed by atoms with Crippen LogP contribution in [0.5, 0.6) is 0 Å². The molecule has 0 bridgehead atoms. The molecule has 1 aliphatic rings. The van der Waals surface area contributed by atoms with Gasteiger partial charge < -0.3 is 4.90 Å². The average molecular weight is 277 g/mol. The molecule has 20 heavy (non-hydrogen) atoms. The SMILES string of the molecule is CCN(CC)CCC(=O)Cc1ccn(C2CCCC2)n1. The smallest absolute Gasteiger partial charge is 0.140 e. The van der Waals surface area contributed by atoms with Crippen molar-refractivity contribution < 1.29 is 4.79 Å². The number of rotatable bonds is 8. The Morgan fingerprint density at radius 1 is 1.35 bits per heavy atom. The van der Waals surface area contributed by atoms with Gasteiger partial charge in [-0.05, 0) is 32.0 Å². The first-order valence-corrected chi connectivity index (χ1v) is 8.01. The first-order valence-electron chi connectivity index (χ1n) is 8.01. The number of nitrogens with zero attached hydrogens (tertiary/aromatic N) is 3. The molecule has 1 saturated carbocycles. The summed E-state index contributed by atoms with van der Waals surface area (Å²) in [5.41, 5.74) is 0.932. The van der Waals surface area contributed by atoms with E-state index in [4.69, 9.17) is 0 Å². The Hall–Kier alpha value is -1.16. The van der Waals surface area contributed by atoms with Crippen molar-refractivity contribution in [1.29, 1.82) is 0 Å². The normalized spacial score (nSPS) is 16.1. The van der Waals surface area contributed by atoms with E-state index in [0.29, 0.717) is 24.7 Å². The molecular formula is C16H27N3O. The quantitative estimate of drug-likeness (QED) is 0.733. The van der Waals surface area contributed by atoms with Gasteiger partial charge in [-0.3, -0.25) is 9.48 Å². The molecule has 1 aromatic heterocycles. The summed E-state index contributed by atoms with van der Waals surface area (Å²) in [6.07, 6.45) is 8.25. The van der Waals surface area contributed by atoms with E-state index in [1.165, 1.54) is 25.7 Å². The second-order valence-corrected chi connectivity index (χ2v) is 5.72. The molecule has 0 spiro atoms. The Bertz CT molecular complexity index is 417. The highest BCUT2D eigenvalue weighted by molar-refractivity contribution is 5.80. The third-order valence-electron chi connectivity index (χ3n) is 4.34. The summed E-state index contributed by atoms with van der Waals surface area (Å²) in [6, 6.07) is 2.57. The number of aromatic nitrogens is 2. The van der Waals surface area contributed by atoms with Crippen molar-refractivity contribution in [1.82, 2.24) is 14.7 Å². The Morgan fingerprint density at radius 2 is 2.05 bits per heavy atom. The van der Waals surface area contributed by atoms with Crippen LogP contribution in [0.4, 0.5) is 0 Å². The monoisotopic (exact) mass is 277 g/mol. The van der Waals surface area contributed by atoms with Crippen LogP contribution in [0.2, 0.25) is 0 Å². The van der Waals surface area contributed by atoms with Gasteiger partial charge in [0.05, 0.1) is 18.2 Å². The molecule has 0 saturated heterocycles. The zero-order valence-electron chi connectivity index (χ0n) is 12.8. The fourth-order valence-corrected chi connectivity index (χ4v) is 2.96. The molecule has 4 nitrogen and oxygen atoms in total.